The Bertz CT molecular complexity index is 1130. The van der Waals surface area contributed by atoms with Gasteiger partial charge in [0.25, 0.3) is 5.91 Å². The van der Waals surface area contributed by atoms with Crippen LogP contribution in [0.15, 0.2) is 71.6 Å². The van der Waals surface area contributed by atoms with Crippen LogP contribution in [0.5, 0.6) is 0 Å². The third-order valence-electron chi connectivity index (χ3n) is 5.55. The van der Waals surface area contributed by atoms with Crippen molar-refractivity contribution in [2.75, 3.05) is 32.8 Å². The lowest BCUT2D eigenvalue weighted by Gasteiger charge is -2.34. The highest BCUT2D eigenvalue weighted by molar-refractivity contribution is 7.13. The van der Waals surface area contributed by atoms with Crippen molar-refractivity contribution in [3.05, 3.63) is 82.0 Å². The number of para-hydroxylation sites is 1. The molecule has 6 nitrogen and oxygen atoms in total. The highest BCUT2D eigenvalue weighted by Gasteiger charge is 2.25. The molecule has 1 amide bonds. The number of nitrogens with one attached hydrogen (secondary N) is 1. The molecular formula is C24H24N4O2S2. The Labute approximate surface area is 195 Å². The number of thiophene rings is 2. The standard InChI is InChI=1S/C24H24N4O2S2/c29-24(25-16-20(21-8-4-14-31-21)27-10-12-30-13-11-27)19-17-28(18-6-2-1-3-7-18)26-23(19)22-9-5-15-32-22/h1-9,14-15,17,20H,10-13,16H2,(H,25,29). The van der Waals surface area contributed by atoms with E-state index in [0.717, 1.165) is 36.9 Å². The van der Waals surface area contributed by atoms with Crippen molar-refractivity contribution in [1.29, 1.82) is 0 Å². The lowest BCUT2D eigenvalue weighted by atomic mass is 10.1. The number of rotatable bonds is 7. The quantitative estimate of drug-likeness (QED) is 0.439. The lowest BCUT2D eigenvalue weighted by molar-refractivity contribution is 0.0169. The van der Waals surface area contributed by atoms with Gasteiger partial charge in [0.05, 0.1) is 35.4 Å². The molecule has 1 saturated heterocycles. The average Bonchev–Trinajstić information content (AvgIpc) is 3.62. The van der Waals surface area contributed by atoms with Gasteiger partial charge in [0.2, 0.25) is 0 Å². The first-order valence-corrected chi connectivity index (χ1v) is 12.4. The summed E-state index contributed by atoms with van der Waals surface area (Å²) >= 11 is 3.31. The Balaban J connectivity index is 1.40. The monoisotopic (exact) mass is 464 g/mol. The smallest absolute Gasteiger partial charge is 0.255 e. The first-order valence-electron chi connectivity index (χ1n) is 10.6. The van der Waals surface area contributed by atoms with E-state index in [2.05, 4.69) is 27.7 Å². The topological polar surface area (TPSA) is 59.4 Å². The number of carbonyl (C=O) groups is 1. The van der Waals surface area contributed by atoms with Crippen molar-refractivity contribution in [3.8, 4) is 16.3 Å². The Morgan fingerprint density at radius 1 is 1.03 bits per heavy atom. The van der Waals surface area contributed by atoms with Crippen LogP contribution in [0.2, 0.25) is 0 Å². The number of morpholine rings is 1. The van der Waals surface area contributed by atoms with Gasteiger partial charge in [0.15, 0.2) is 0 Å². The molecule has 1 aliphatic heterocycles. The zero-order chi connectivity index (χ0) is 21.8. The third kappa shape index (κ3) is 4.54. The largest absolute Gasteiger partial charge is 0.379 e. The minimum atomic E-state index is -0.106. The van der Waals surface area contributed by atoms with Gasteiger partial charge in [-0.3, -0.25) is 9.69 Å². The van der Waals surface area contributed by atoms with Crippen molar-refractivity contribution in [2.45, 2.75) is 6.04 Å². The third-order valence-corrected chi connectivity index (χ3v) is 7.40. The van der Waals surface area contributed by atoms with Crippen LogP contribution in [0, 0.1) is 0 Å². The highest BCUT2D eigenvalue weighted by Crippen LogP contribution is 2.29. The summed E-state index contributed by atoms with van der Waals surface area (Å²) in [6.45, 7) is 3.72. The summed E-state index contributed by atoms with van der Waals surface area (Å²) in [5.41, 5.74) is 2.22. The van der Waals surface area contributed by atoms with Crippen LogP contribution >= 0.6 is 22.7 Å². The van der Waals surface area contributed by atoms with E-state index >= 15 is 0 Å². The van der Waals surface area contributed by atoms with Crippen LogP contribution < -0.4 is 5.32 Å². The fourth-order valence-electron chi connectivity index (χ4n) is 3.91. The van der Waals surface area contributed by atoms with Gasteiger partial charge in [-0.25, -0.2) is 4.68 Å². The van der Waals surface area contributed by atoms with E-state index in [1.54, 1.807) is 27.4 Å². The van der Waals surface area contributed by atoms with Gasteiger partial charge in [-0.2, -0.15) is 5.10 Å². The van der Waals surface area contributed by atoms with Crippen LogP contribution in [-0.4, -0.2) is 53.4 Å². The molecule has 32 heavy (non-hydrogen) atoms. The summed E-state index contributed by atoms with van der Waals surface area (Å²) in [6, 6.07) is 18.2. The first kappa shape index (κ1) is 21.1. The summed E-state index contributed by atoms with van der Waals surface area (Å²) in [6.07, 6.45) is 1.83. The normalized spacial score (nSPS) is 15.5. The molecule has 164 valence electrons. The predicted octanol–water partition coefficient (Wildman–Crippen LogP) is 4.47. The maximum absolute atomic E-state index is 13.4. The van der Waals surface area contributed by atoms with E-state index in [9.17, 15) is 4.79 Å². The highest BCUT2D eigenvalue weighted by atomic mass is 32.1. The second-order valence-electron chi connectivity index (χ2n) is 7.54. The minimum Gasteiger partial charge on any atom is -0.379 e. The number of hydrogen-bond acceptors (Lipinski definition) is 6. The second kappa shape index (κ2) is 9.79. The molecule has 3 aromatic heterocycles. The zero-order valence-corrected chi connectivity index (χ0v) is 19.1. The molecule has 0 aliphatic carbocycles. The molecule has 1 aromatic carbocycles. The molecule has 1 aliphatic rings. The van der Waals surface area contributed by atoms with E-state index in [1.165, 1.54) is 4.88 Å². The molecule has 5 rings (SSSR count). The van der Waals surface area contributed by atoms with Crippen molar-refractivity contribution in [3.63, 3.8) is 0 Å². The van der Waals surface area contributed by atoms with E-state index < -0.39 is 0 Å². The number of carbonyl (C=O) groups excluding carboxylic acids is 1. The molecule has 0 spiro atoms. The average molecular weight is 465 g/mol. The Morgan fingerprint density at radius 2 is 1.81 bits per heavy atom. The van der Waals surface area contributed by atoms with Crippen molar-refractivity contribution >= 4 is 28.6 Å². The van der Waals surface area contributed by atoms with Gasteiger partial charge in [-0.05, 0) is 35.0 Å². The Kier molecular flexibility index (Phi) is 6.45. The summed E-state index contributed by atoms with van der Waals surface area (Å²) in [5.74, 6) is -0.106. The van der Waals surface area contributed by atoms with E-state index in [0.29, 0.717) is 17.8 Å². The van der Waals surface area contributed by atoms with Crippen LogP contribution in [0.1, 0.15) is 21.3 Å². The maximum Gasteiger partial charge on any atom is 0.255 e. The molecule has 4 aromatic rings. The number of aromatic nitrogens is 2. The van der Waals surface area contributed by atoms with E-state index in [-0.39, 0.29) is 11.9 Å². The molecule has 0 radical (unpaired) electrons. The number of hydrogen-bond donors (Lipinski definition) is 1. The predicted molar refractivity (Wildman–Crippen MR) is 129 cm³/mol. The van der Waals surface area contributed by atoms with Gasteiger partial charge >= 0.3 is 0 Å². The molecule has 1 atom stereocenters. The van der Waals surface area contributed by atoms with Crippen LogP contribution in [-0.2, 0) is 4.74 Å². The minimum absolute atomic E-state index is 0.106. The van der Waals surface area contributed by atoms with E-state index in [1.807, 2.05) is 54.0 Å². The maximum atomic E-state index is 13.4. The van der Waals surface area contributed by atoms with Crippen molar-refractivity contribution in [1.82, 2.24) is 20.0 Å². The molecule has 0 saturated carbocycles. The van der Waals surface area contributed by atoms with Crippen molar-refractivity contribution < 1.29 is 9.53 Å². The van der Waals surface area contributed by atoms with Crippen LogP contribution in [0.25, 0.3) is 16.3 Å². The van der Waals surface area contributed by atoms with Crippen LogP contribution in [0.3, 0.4) is 0 Å². The van der Waals surface area contributed by atoms with Crippen LogP contribution in [0.4, 0.5) is 0 Å². The number of amides is 1. The number of ether oxygens (including phenoxy) is 1. The van der Waals surface area contributed by atoms with Gasteiger partial charge in [0, 0.05) is 30.7 Å². The fraction of sp³-hybridized carbons (Fsp3) is 0.250. The summed E-state index contributed by atoms with van der Waals surface area (Å²) in [5, 5.41) is 12.0. The summed E-state index contributed by atoms with van der Waals surface area (Å²) in [7, 11) is 0. The SMILES string of the molecule is O=C(NCC(c1cccs1)N1CCOCC1)c1cn(-c2ccccc2)nc1-c1cccs1. The molecule has 1 unspecified atom stereocenters. The second-order valence-corrected chi connectivity index (χ2v) is 9.47. The molecule has 8 heteroatoms. The zero-order valence-electron chi connectivity index (χ0n) is 17.5. The summed E-state index contributed by atoms with van der Waals surface area (Å²) in [4.78, 5) is 18.0. The van der Waals surface area contributed by atoms with E-state index in [4.69, 9.17) is 9.84 Å². The van der Waals surface area contributed by atoms with Gasteiger partial charge in [0.1, 0.15) is 5.69 Å². The molecular weight excluding hydrogens is 440 g/mol. The van der Waals surface area contributed by atoms with Gasteiger partial charge in [-0.15, -0.1) is 22.7 Å². The Hall–Kier alpha value is -2.78. The number of nitrogens with zero attached hydrogens (tertiary/aromatic N) is 3. The molecule has 1 fully saturated rings. The molecule has 1 N–H and O–H groups in total. The van der Waals surface area contributed by atoms with Gasteiger partial charge in [-0.1, -0.05) is 30.3 Å². The number of benzene rings is 1. The Morgan fingerprint density at radius 3 is 2.53 bits per heavy atom. The molecule has 0 bridgehead atoms. The lowest BCUT2D eigenvalue weighted by Crippen LogP contribution is -2.43. The van der Waals surface area contributed by atoms with Crippen molar-refractivity contribution in [2.24, 2.45) is 0 Å². The first-order chi connectivity index (χ1) is 15.8. The summed E-state index contributed by atoms with van der Waals surface area (Å²) < 4.78 is 7.31. The molecule has 4 heterocycles. The fourth-order valence-corrected chi connectivity index (χ4v) is 5.50. The van der Waals surface area contributed by atoms with Gasteiger partial charge < -0.3 is 10.1 Å².